The van der Waals surface area contributed by atoms with Gasteiger partial charge in [-0.05, 0) is 23.3 Å². The molecular formula is C23H31N3O4. The molecule has 0 radical (unpaired) electrons. The zero-order valence-electron chi connectivity index (χ0n) is 18.0. The van der Waals surface area contributed by atoms with Crippen LogP contribution in [0.2, 0.25) is 0 Å². The Morgan fingerprint density at radius 2 is 1.53 bits per heavy atom. The van der Waals surface area contributed by atoms with Gasteiger partial charge in [0, 0.05) is 53.4 Å². The highest BCUT2D eigenvalue weighted by atomic mass is 16.7. The van der Waals surface area contributed by atoms with E-state index in [1.54, 1.807) is 21.2 Å². The quantitative estimate of drug-likeness (QED) is 0.620. The van der Waals surface area contributed by atoms with Gasteiger partial charge in [0.25, 0.3) is 0 Å². The molecule has 1 aliphatic rings. The van der Waals surface area contributed by atoms with Gasteiger partial charge < -0.3 is 19.1 Å². The smallest absolute Gasteiger partial charge is 0.412 e. The van der Waals surface area contributed by atoms with E-state index in [-0.39, 0.29) is 6.79 Å². The fraction of sp³-hybridized carbons (Fsp3) is 0.435. The number of benzene rings is 2. The lowest BCUT2D eigenvalue weighted by Crippen LogP contribution is -2.45. The van der Waals surface area contributed by atoms with Gasteiger partial charge in [0.1, 0.15) is 0 Å². The zero-order chi connectivity index (χ0) is 21.3. The maximum absolute atomic E-state index is 11.5. The third-order valence-electron chi connectivity index (χ3n) is 5.11. The van der Waals surface area contributed by atoms with Crippen molar-refractivity contribution in [1.29, 1.82) is 0 Å². The number of hydrogen-bond acceptors (Lipinski definition) is 6. The molecule has 2 aromatic carbocycles. The highest BCUT2D eigenvalue weighted by Gasteiger charge is 2.18. The van der Waals surface area contributed by atoms with Gasteiger partial charge in [0.2, 0.25) is 6.79 Å². The molecule has 1 amide bonds. The molecule has 2 aromatic rings. The molecule has 0 atom stereocenters. The van der Waals surface area contributed by atoms with Crippen LogP contribution in [0.25, 0.3) is 0 Å². The topological polar surface area (TPSA) is 54.5 Å². The maximum atomic E-state index is 11.5. The van der Waals surface area contributed by atoms with E-state index in [9.17, 15) is 4.79 Å². The first-order valence-corrected chi connectivity index (χ1v) is 10.2. The van der Waals surface area contributed by atoms with Crippen molar-refractivity contribution in [3.05, 3.63) is 59.7 Å². The molecule has 0 bridgehead atoms. The highest BCUT2D eigenvalue weighted by Crippen LogP contribution is 2.29. The van der Waals surface area contributed by atoms with Crippen LogP contribution in [-0.2, 0) is 17.8 Å². The van der Waals surface area contributed by atoms with Crippen LogP contribution < -0.4 is 9.47 Å². The summed E-state index contributed by atoms with van der Waals surface area (Å²) in [5, 5.41) is 0. The largest absolute Gasteiger partial charge is 0.493 e. The van der Waals surface area contributed by atoms with E-state index in [0.717, 1.165) is 44.8 Å². The van der Waals surface area contributed by atoms with E-state index in [0.29, 0.717) is 11.5 Å². The van der Waals surface area contributed by atoms with Crippen molar-refractivity contribution in [3.8, 4) is 11.5 Å². The summed E-state index contributed by atoms with van der Waals surface area (Å²) in [4.78, 5) is 17.8. The molecule has 162 valence electrons. The summed E-state index contributed by atoms with van der Waals surface area (Å²) in [6.07, 6.45) is -0.446. The molecular weight excluding hydrogens is 382 g/mol. The summed E-state index contributed by atoms with van der Waals surface area (Å²) in [6.45, 7) is 5.83. The minimum atomic E-state index is -0.446. The van der Waals surface area contributed by atoms with E-state index in [1.165, 1.54) is 10.5 Å². The molecule has 7 heteroatoms. The van der Waals surface area contributed by atoms with Crippen LogP contribution in [0.15, 0.2) is 48.5 Å². The zero-order valence-corrected chi connectivity index (χ0v) is 18.0. The van der Waals surface area contributed by atoms with Gasteiger partial charge >= 0.3 is 6.09 Å². The second kappa shape index (κ2) is 10.8. The SMILES string of the molecule is COc1ccc(CN2CCN(Cc3ccccc3)CC2)cc1OCOC(=O)N(C)C. The van der Waals surface area contributed by atoms with Gasteiger partial charge in [0.15, 0.2) is 11.5 Å². The van der Waals surface area contributed by atoms with Crippen LogP contribution in [0, 0.1) is 0 Å². The van der Waals surface area contributed by atoms with E-state index in [1.807, 2.05) is 18.2 Å². The molecule has 7 nitrogen and oxygen atoms in total. The van der Waals surface area contributed by atoms with Crippen LogP contribution >= 0.6 is 0 Å². The number of rotatable bonds is 8. The Bertz CT molecular complexity index is 805. The minimum absolute atomic E-state index is 0.158. The Balaban J connectivity index is 1.51. The third kappa shape index (κ3) is 6.37. The molecule has 0 N–H and O–H groups in total. The average molecular weight is 414 g/mol. The Hall–Kier alpha value is -2.77. The predicted octanol–water partition coefficient (Wildman–Crippen LogP) is 3.05. The van der Waals surface area contributed by atoms with Gasteiger partial charge in [-0.3, -0.25) is 9.80 Å². The van der Waals surface area contributed by atoms with Crippen molar-refractivity contribution in [3.63, 3.8) is 0 Å². The second-order valence-electron chi connectivity index (χ2n) is 7.59. The normalized spacial score (nSPS) is 14.9. The lowest BCUT2D eigenvalue weighted by Gasteiger charge is -2.34. The molecule has 1 fully saturated rings. The standard InChI is InChI=1S/C23H31N3O4/c1-24(2)23(27)30-18-29-22-15-20(9-10-21(22)28-3)17-26-13-11-25(12-14-26)16-19-7-5-4-6-8-19/h4-10,15H,11-14,16-18H2,1-3H3. The van der Waals surface area contributed by atoms with Gasteiger partial charge in [-0.2, -0.15) is 0 Å². The van der Waals surface area contributed by atoms with Crippen molar-refractivity contribution in [1.82, 2.24) is 14.7 Å². The minimum Gasteiger partial charge on any atom is -0.493 e. The lowest BCUT2D eigenvalue weighted by atomic mass is 10.1. The van der Waals surface area contributed by atoms with Crippen LogP contribution in [0.3, 0.4) is 0 Å². The molecule has 0 spiro atoms. The molecule has 0 unspecified atom stereocenters. The summed E-state index contributed by atoms with van der Waals surface area (Å²) in [5.74, 6) is 1.19. The maximum Gasteiger partial charge on any atom is 0.412 e. The summed E-state index contributed by atoms with van der Waals surface area (Å²) in [6, 6.07) is 16.5. The summed E-state index contributed by atoms with van der Waals surface area (Å²) in [5.41, 5.74) is 2.50. The van der Waals surface area contributed by atoms with Crippen molar-refractivity contribution in [2.45, 2.75) is 13.1 Å². The predicted molar refractivity (Wildman–Crippen MR) is 116 cm³/mol. The van der Waals surface area contributed by atoms with Crippen molar-refractivity contribution in [2.75, 3.05) is 54.2 Å². The van der Waals surface area contributed by atoms with E-state index in [2.05, 4.69) is 40.1 Å². The van der Waals surface area contributed by atoms with Crippen LogP contribution in [0.1, 0.15) is 11.1 Å². The van der Waals surface area contributed by atoms with Crippen molar-refractivity contribution in [2.24, 2.45) is 0 Å². The fourth-order valence-electron chi connectivity index (χ4n) is 3.41. The van der Waals surface area contributed by atoms with Gasteiger partial charge in [-0.25, -0.2) is 4.79 Å². The summed E-state index contributed by atoms with van der Waals surface area (Å²) < 4.78 is 16.1. The van der Waals surface area contributed by atoms with Gasteiger partial charge in [0.05, 0.1) is 7.11 Å². The van der Waals surface area contributed by atoms with E-state index >= 15 is 0 Å². The summed E-state index contributed by atoms with van der Waals surface area (Å²) in [7, 11) is 4.85. The number of piperazine rings is 1. The molecule has 0 saturated carbocycles. The Morgan fingerprint density at radius 1 is 0.900 bits per heavy atom. The number of nitrogens with zero attached hydrogens (tertiary/aromatic N) is 3. The number of carbonyl (C=O) groups excluding carboxylic acids is 1. The number of ether oxygens (including phenoxy) is 3. The third-order valence-corrected chi connectivity index (χ3v) is 5.11. The molecule has 1 heterocycles. The number of amides is 1. The van der Waals surface area contributed by atoms with Crippen LogP contribution in [-0.4, -0.2) is 75.0 Å². The Kier molecular flexibility index (Phi) is 7.93. The van der Waals surface area contributed by atoms with Crippen molar-refractivity contribution < 1.29 is 19.0 Å². The van der Waals surface area contributed by atoms with E-state index in [4.69, 9.17) is 14.2 Å². The van der Waals surface area contributed by atoms with Crippen LogP contribution in [0.4, 0.5) is 4.79 Å². The summed E-state index contributed by atoms with van der Waals surface area (Å²) >= 11 is 0. The highest BCUT2D eigenvalue weighted by molar-refractivity contribution is 5.66. The molecule has 30 heavy (non-hydrogen) atoms. The number of hydrogen-bond donors (Lipinski definition) is 0. The van der Waals surface area contributed by atoms with E-state index < -0.39 is 6.09 Å². The Labute approximate surface area is 178 Å². The van der Waals surface area contributed by atoms with Gasteiger partial charge in [-0.15, -0.1) is 0 Å². The second-order valence-corrected chi connectivity index (χ2v) is 7.59. The first-order valence-electron chi connectivity index (χ1n) is 10.2. The number of carbonyl (C=O) groups is 1. The molecule has 3 rings (SSSR count). The van der Waals surface area contributed by atoms with Crippen LogP contribution in [0.5, 0.6) is 11.5 Å². The lowest BCUT2D eigenvalue weighted by molar-refractivity contribution is 0.0418. The average Bonchev–Trinajstić information content (AvgIpc) is 2.76. The first kappa shape index (κ1) is 21.9. The molecule has 1 saturated heterocycles. The monoisotopic (exact) mass is 413 g/mol. The van der Waals surface area contributed by atoms with Crippen molar-refractivity contribution >= 4 is 6.09 Å². The molecule has 0 aromatic heterocycles. The first-order chi connectivity index (χ1) is 14.5. The molecule has 1 aliphatic heterocycles. The van der Waals surface area contributed by atoms with Gasteiger partial charge in [-0.1, -0.05) is 36.4 Å². The fourth-order valence-corrected chi connectivity index (χ4v) is 3.41. The number of methoxy groups -OCH3 is 1. The molecule has 0 aliphatic carbocycles. The Morgan fingerprint density at radius 3 is 2.13 bits per heavy atom.